The Balaban J connectivity index is 4.53. The number of quaternary nitrogens is 1. The molecule has 0 amide bonds. The Bertz CT molecular complexity index is 1190. The van der Waals surface area contributed by atoms with Crippen molar-refractivity contribution in [1.82, 2.24) is 0 Å². The minimum absolute atomic E-state index is 0.00659. The van der Waals surface area contributed by atoms with Gasteiger partial charge in [-0.05, 0) is 64.2 Å². The second-order valence-corrected chi connectivity index (χ2v) is 16.3. The third-order valence-electron chi connectivity index (χ3n) is 8.34. The molecule has 0 aromatic carbocycles. The fourth-order valence-corrected chi connectivity index (χ4v) is 5.83. The van der Waals surface area contributed by atoms with E-state index in [0.29, 0.717) is 30.3 Å². The van der Waals surface area contributed by atoms with E-state index < -0.39 is 38.6 Å². The second kappa shape index (κ2) is 35.8. The average Bonchev–Trinajstić information content (AvgIpc) is 3.12. The molecule has 2 N–H and O–H groups in total. The molecule has 2 unspecified atom stereocenters. The number of nitrogens with zero attached hydrogens (tertiary/aromatic N) is 1. The number of carbonyl (C=O) groups excluding carboxylic acids is 2. The monoisotopic (exact) mass is 795 g/mol. The molecule has 0 saturated carbocycles. The lowest BCUT2D eigenvalue weighted by Gasteiger charge is -2.24. The van der Waals surface area contributed by atoms with Crippen LogP contribution in [0.5, 0.6) is 0 Å². The Hall–Kier alpha value is -2.59. The molecule has 0 bridgehead atoms. The van der Waals surface area contributed by atoms with E-state index in [1.54, 1.807) is 6.08 Å². The molecule has 10 nitrogen and oxygen atoms in total. The van der Waals surface area contributed by atoms with E-state index in [1.165, 1.54) is 0 Å². The summed E-state index contributed by atoms with van der Waals surface area (Å²) in [5.74, 6) is -0.904. The number of allylic oxidation sites excluding steroid dienone is 11. The smallest absolute Gasteiger partial charge is 0.462 e. The maximum absolute atomic E-state index is 12.7. The van der Waals surface area contributed by atoms with Gasteiger partial charge in [-0.15, -0.1) is 0 Å². The molecule has 11 heteroatoms. The van der Waals surface area contributed by atoms with Gasteiger partial charge in [-0.3, -0.25) is 18.6 Å². The van der Waals surface area contributed by atoms with Crippen molar-refractivity contribution in [2.24, 2.45) is 0 Å². The summed E-state index contributed by atoms with van der Waals surface area (Å²) < 4.78 is 34.2. The van der Waals surface area contributed by atoms with E-state index in [4.69, 9.17) is 18.5 Å². The van der Waals surface area contributed by atoms with Gasteiger partial charge in [0.15, 0.2) is 6.10 Å². The van der Waals surface area contributed by atoms with Crippen LogP contribution in [0.2, 0.25) is 0 Å². The minimum atomic E-state index is -4.41. The number of aliphatic hydroxyl groups is 1. The summed E-state index contributed by atoms with van der Waals surface area (Å²) >= 11 is 0. The van der Waals surface area contributed by atoms with Gasteiger partial charge in [-0.2, -0.15) is 0 Å². The van der Waals surface area contributed by atoms with Crippen LogP contribution in [0.15, 0.2) is 72.9 Å². The lowest BCUT2D eigenvalue weighted by Crippen LogP contribution is -2.37. The fraction of sp³-hybridized carbons (Fsp3) is 0.682. The average molecular weight is 795 g/mol. The van der Waals surface area contributed by atoms with Crippen molar-refractivity contribution < 1.29 is 47.2 Å². The number of aliphatic hydroxyl groups excluding tert-OH is 1. The lowest BCUT2D eigenvalue weighted by molar-refractivity contribution is -0.870. The summed E-state index contributed by atoms with van der Waals surface area (Å²) in [5.41, 5.74) is 0. The van der Waals surface area contributed by atoms with Crippen LogP contribution in [0.1, 0.15) is 136 Å². The minimum Gasteiger partial charge on any atom is -0.462 e. The van der Waals surface area contributed by atoms with Crippen LogP contribution in [-0.4, -0.2) is 86.1 Å². The number of phosphoric acid groups is 1. The summed E-state index contributed by atoms with van der Waals surface area (Å²) in [6.45, 7) is 4.01. The molecule has 0 aliphatic heterocycles. The van der Waals surface area contributed by atoms with Crippen molar-refractivity contribution in [2.45, 2.75) is 148 Å². The van der Waals surface area contributed by atoms with Gasteiger partial charge in [-0.25, -0.2) is 4.57 Å². The Kier molecular flexibility index (Phi) is 34.1. The van der Waals surface area contributed by atoms with E-state index in [2.05, 4.69) is 68.5 Å². The number of carbonyl (C=O) groups is 2. The summed E-state index contributed by atoms with van der Waals surface area (Å²) in [7, 11) is 1.39. The molecule has 0 saturated heterocycles. The third kappa shape index (κ3) is 39.4. The first kappa shape index (κ1) is 52.4. The molecule has 0 aromatic heterocycles. The Morgan fingerprint density at radius 2 is 1.20 bits per heavy atom. The molecular formula is C44H77NO9P+. The molecule has 0 heterocycles. The van der Waals surface area contributed by atoms with Crippen LogP contribution in [0.3, 0.4) is 0 Å². The summed E-state index contributed by atoms with van der Waals surface area (Å²) in [4.78, 5) is 35.3. The Morgan fingerprint density at radius 1 is 0.655 bits per heavy atom. The first-order valence-corrected chi connectivity index (χ1v) is 22.3. The summed E-state index contributed by atoms with van der Waals surface area (Å²) in [6.07, 6.45) is 39.7. The molecule has 0 aliphatic rings. The van der Waals surface area contributed by atoms with Crippen molar-refractivity contribution >= 4 is 19.8 Å². The van der Waals surface area contributed by atoms with Gasteiger partial charge in [-0.1, -0.05) is 132 Å². The van der Waals surface area contributed by atoms with Gasteiger partial charge < -0.3 is 24.0 Å². The molecule has 0 spiro atoms. The zero-order valence-corrected chi connectivity index (χ0v) is 35.9. The summed E-state index contributed by atoms with van der Waals surface area (Å²) in [5, 5.41) is 10.1. The first-order valence-electron chi connectivity index (χ1n) is 20.8. The normalized spacial score (nSPS) is 15.0. The zero-order valence-electron chi connectivity index (χ0n) is 35.0. The van der Waals surface area contributed by atoms with Crippen LogP contribution in [0, 0.1) is 0 Å². The molecule has 0 aliphatic carbocycles. The van der Waals surface area contributed by atoms with Crippen molar-refractivity contribution in [1.29, 1.82) is 0 Å². The van der Waals surface area contributed by atoms with Crippen molar-refractivity contribution in [3.8, 4) is 0 Å². The molecule has 0 radical (unpaired) electrons. The number of hydrogen-bond donors (Lipinski definition) is 2. The highest BCUT2D eigenvalue weighted by molar-refractivity contribution is 7.47. The third-order valence-corrected chi connectivity index (χ3v) is 9.32. The van der Waals surface area contributed by atoms with E-state index >= 15 is 0 Å². The Labute approximate surface area is 334 Å². The van der Waals surface area contributed by atoms with Crippen LogP contribution in [0.25, 0.3) is 0 Å². The quantitative estimate of drug-likeness (QED) is 0.0159. The van der Waals surface area contributed by atoms with Crippen LogP contribution < -0.4 is 0 Å². The van der Waals surface area contributed by atoms with E-state index in [-0.39, 0.29) is 26.1 Å². The van der Waals surface area contributed by atoms with Crippen LogP contribution >= 0.6 is 7.82 Å². The van der Waals surface area contributed by atoms with Gasteiger partial charge in [0.1, 0.15) is 19.8 Å². The largest absolute Gasteiger partial charge is 0.472 e. The van der Waals surface area contributed by atoms with Gasteiger partial charge in [0.05, 0.1) is 33.9 Å². The van der Waals surface area contributed by atoms with E-state index in [0.717, 1.165) is 89.9 Å². The topological polar surface area (TPSA) is 129 Å². The van der Waals surface area contributed by atoms with Gasteiger partial charge in [0, 0.05) is 12.8 Å². The highest BCUT2D eigenvalue weighted by Gasteiger charge is 2.27. The predicted octanol–water partition coefficient (Wildman–Crippen LogP) is 10.4. The number of likely N-dealkylation sites (N-methyl/N-ethyl adjacent to an activating group) is 1. The maximum Gasteiger partial charge on any atom is 0.472 e. The molecule has 0 rings (SSSR count). The second-order valence-electron chi connectivity index (χ2n) is 14.8. The van der Waals surface area contributed by atoms with Crippen LogP contribution in [-0.2, 0) is 32.7 Å². The first-order chi connectivity index (χ1) is 26.4. The number of ether oxygens (including phenoxy) is 2. The SMILES string of the molecule is CC/C=C\C/C=C\C/C=C\CCCCCCCC(=O)OC[C@H](COP(=O)(O)OCC[N+](C)(C)C)OC(=O)CCCCCCCC(O)/C=C/C=C/C/C=C/CC. The van der Waals surface area contributed by atoms with Gasteiger partial charge in [0.25, 0.3) is 0 Å². The number of esters is 2. The molecular weight excluding hydrogens is 717 g/mol. The standard InChI is InChI=1S/C44H76NO9P/c1-6-8-10-12-14-15-16-17-18-19-20-21-23-27-31-35-43(47)51-39-42(40-53-55(49,50)52-38-37-45(3,4)5)54-44(48)36-32-28-24-26-30-34-41(46)33-29-25-22-13-11-9-7-2/h8-11,14-15,17-18,22,25,29,33,41-42,46H,6-7,12-13,16,19-21,23-24,26-28,30-32,34-40H2,1-5H3/p+1/b10-8-,11-9+,15-14-,18-17-,25-22+,33-29+/t41?,42-/m1/s1. The highest BCUT2D eigenvalue weighted by atomic mass is 31.2. The van der Waals surface area contributed by atoms with E-state index in [1.807, 2.05) is 33.3 Å². The van der Waals surface area contributed by atoms with Gasteiger partial charge in [0.2, 0.25) is 0 Å². The molecule has 3 atom stereocenters. The van der Waals surface area contributed by atoms with E-state index in [9.17, 15) is 24.2 Å². The highest BCUT2D eigenvalue weighted by Crippen LogP contribution is 2.43. The predicted molar refractivity (Wildman–Crippen MR) is 225 cm³/mol. The Morgan fingerprint density at radius 3 is 1.84 bits per heavy atom. The number of rotatable bonds is 36. The molecule has 0 aromatic rings. The van der Waals surface area contributed by atoms with Gasteiger partial charge >= 0.3 is 19.8 Å². The van der Waals surface area contributed by atoms with Crippen molar-refractivity contribution in [2.75, 3.05) is 47.5 Å². The number of unbranched alkanes of at least 4 members (excludes halogenated alkanes) is 9. The molecule has 55 heavy (non-hydrogen) atoms. The molecule has 316 valence electrons. The zero-order chi connectivity index (χ0) is 40.9. The number of phosphoric ester groups is 1. The maximum atomic E-state index is 12.7. The number of hydrogen-bond acceptors (Lipinski definition) is 8. The molecule has 0 fully saturated rings. The van der Waals surface area contributed by atoms with Crippen molar-refractivity contribution in [3.05, 3.63) is 72.9 Å². The summed E-state index contributed by atoms with van der Waals surface area (Å²) in [6, 6.07) is 0. The fourth-order valence-electron chi connectivity index (χ4n) is 5.09. The lowest BCUT2D eigenvalue weighted by atomic mass is 10.1. The van der Waals surface area contributed by atoms with Crippen LogP contribution in [0.4, 0.5) is 0 Å². The van der Waals surface area contributed by atoms with Crippen molar-refractivity contribution in [3.63, 3.8) is 0 Å².